The Kier molecular flexibility index (Phi) is 5.87. The molecule has 2 aliphatic rings. The van der Waals surface area contributed by atoms with Crippen LogP contribution in [0.3, 0.4) is 0 Å². The molecular formula is C21H21FN6O5S. The fraction of sp³-hybridized carbons (Fsp3) is 0.333. The number of amides is 1. The lowest BCUT2D eigenvalue weighted by Gasteiger charge is -2.34. The zero-order valence-corrected chi connectivity index (χ0v) is 18.8. The van der Waals surface area contributed by atoms with Crippen LogP contribution >= 0.6 is 0 Å². The van der Waals surface area contributed by atoms with E-state index < -0.39 is 10.0 Å². The number of ether oxygens (including phenoxy) is 2. The van der Waals surface area contributed by atoms with Crippen LogP contribution < -0.4 is 9.47 Å². The van der Waals surface area contributed by atoms with Crippen molar-refractivity contribution >= 4 is 15.9 Å². The van der Waals surface area contributed by atoms with Crippen LogP contribution in [0, 0.1) is 5.82 Å². The fourth-order valence-corrected chi connectivity index (χ4v) is 5.19. The molecule has 0 bridgehead atoms. The molecule has 3 aromatic rings. The van der Waals surface area contributed by atoms with Gasteiger partial charge in [0.25, 0.3) is 0 Å². The molecule has 0 N–H and O–H groups in total. The normalized spacial score (nSPS) is 16.4. The Labute approximate surface area is 194 Å². The van der Waals surface area contributed by atoms with Gasteiger partial charge in [-0.2, -0.15) is 9.10 Å². The van der Waals surface area contributed by atoms with Gasteiger partial charge in [0.05, 0.1) is 4.90 Å². The molecule has 34 heavy (non-hydrogen) atoms. The number of tetrazole rings is 1. The molecule has 0 unspecified atom stereocenters. The minimum atomic E-state index is -3.74. The number of sulfonamides is 1. The van der Waals surface area contributed by atoms with Crippen molar-refractivity contribution in [3.05, 3.63) is 48.3 Å². The average molecular weight is 489 g/mol. The summed E-state index contributed by atoms with van der Waals surface area (Å²) in [5.41, 5.74) is 0.582. The fourth-order valence-electron chi connectivity index (χ4n) is 3.76. The minimum absolute atomic E-state index is 0.122. The molecule has 0 atom stereocenters. The van der Waals surface area contributed by atoms with Crippen molar-refractivity contribution in [2.45, 2.75) is 11.4 Å². The molecule has 0 spiro atoms. The average Bonchev–Trinajstić information content (AvgIpc) is 3.32. The van der Waals surface area contributed by atoms with Crippen molar-refractivity contribution in [3.8, 4) is 22.9 Å². The van der Waals surface area contributed by atoms with E-state index in [9.17, 15) is 17.6 Å². The van der Waals surface area contributed by atoms with Gasteiger partial charge >= 0.3 is 0 Å². The van der Waals surface area contributed by atoms with Crippen LogP contribution in [0.1, 0.15) is 0 Å². The predicted octanol–water partition coefficient (Wildman–Crippen LogP) is 0.783. The second kappa shape index (κ2) is 8.99. The summed E-state index contributed by atoms with van der Waals surface area (Å²) in [7, 11) is -3.74. The third kappa shape index (κ3) is 4.43. The summed E-state index contributed by atoms with van der Waals surface area (Å²) >= 11 is 0. The van der Waals surface area contributed by atoms with E-state index in [0.29, 0.717) is 30.3 Å². The molecule has 3 heterocycles. The van der Waals surface area contributed by atoms with E-state index >= 15 is 0 Å². The molecule has 0 radical (unpaired) electrons. The van der Waals surface area contributed by atoms with E-state index in [1.165, 1.54) is 45.5 Å². The molecule has 178 valence electrons. The van der Waals surface area contributed by atoms with Crippen LogP contribution in [0.2, 0.25) is 0 Å². The topological polar surface area (TPSA) is 120 Å². The summed E-state index contributed by atoms with van der Waals surface area (Å²) in [5, 5.41) is 12.0. The van der Waals surface area contributed by atoms with Crippen molar-refractivity contribution in [3.63, 3.8) is 0 Å². The highest BCUT2D eigenvalue weighted by atomic mass is 32.2. The maximum Gasteiger partial charge on any atom is 0.246 e. The van der Waals surface area contributed by atoms with Gasteiger partial charge in [0.2, 0.25) is 21.8 Å². The Morgan fingerprint density at radius 2 is 1.68 bits per heavy atom. The number of hydrogen-bond acceptors (Lipinski definition) is 8. The standard InChI is InChI=1S/C21H21FN6O5S/c22-16-3-1-15(2-4-16)21-23-25-28(24-21)14-20(29)26-7-9-27(10-8-26)34(30,31)17-5-6-18-19(13-17)33-12-11-32-18/h1-6,13H,7-12,14H2. The zero-order chi connectivity index (χ0) is 23.7. The molecule has 1 aromatic heterocycles. The number of piperazine rings is 1. The van der Waals surface area contributed by atoms with E-state index in [1.54, 1.807) is 11.0 Å². The molecule has 2 aromatic carbocycles. The second-order valence-electron chi connectivity index (χ2n) is 7.74. The van der Waals surface area contributed by atoms with E-state index in [4.69, 9.17) is 9.47 Å². The van der Waals surface area contributed by atoms with Gasteiger partial charge in [0.1, 0.15) is 25.6 Å². The van der Waals surface area contributed by atoms with Gasteiger partial charge in [-0.3, -0.25) is 4.79 Å². The first-order chi connectivity index (χ1) is 16.4. The molecule has 0 saturated carbocycles. The van der Waals surface area contributed by atoms with Crippen LogP contribution in [-0.4, -0.2) is 83.1 Å². The van der Waals surface area contributed by atoms with Crippen molar-refractivity contribution in [2.24, 2.45) is 0 Å². The monoisotopic (exact) mass is 488 g/mol. The minimum Gasteiger partial charge on any atom is -0.486 e. The number of nitrogens with zero attached hydrogens (tertiary/aromatic N) is 6. The molecule has 13 heteroatoms. The number of hydrogen-bond donors (Lipinski definition) is 0. The number of benzene rings is 2. The summed E-state index contributed by atoms with van der Waals surface area (Å²) in [4.78, 5) is 15.5. The van der Waals surface area contributed by atoms with Gasteiger partial charge in [-0.05, 0) is 41.6 Å². The first-order valence-electron chi connectivity index (χ1n) is 10.6. The summed E-state index contributed by atoms with van der Waals surface area (Å²) in [6.45, 7) is 1.45. The molecule has 0 aliphatic carbocycles. The molecule has 1 saturated heterocycles. The lowest BCUT2D eigenvalue weighted by Crippen LogP contribution is -2.51. The second-order valence-corrected chi connectivity index (χ2v) is 9.68. The first kappa shape index (κ1) is 22.2. The van der Waals surface area contributed by atoms with Crippen LogP contribution in [-0.2, 0) is 21.4 Å². The maximum atomic E-state index is 13.1. The van der Waals surface area contributed by atoms with Gasteiger partial charge in [0, 0.05) is 37.8 Å². The lowest BCUT2D eigenvalue weighted by atomic mass is 10.2. The maximum absolute atomic E-state index is 13.1. The van der Waals surface area contributed by atoms with Crippen LogP contribution in [0.5, 0.6) is 11.5 Å². The summed E-state index contributed by atoms with van der Waals surface area (Å²) in [5.74, 6) is 0.579. The number of halogens is 1. The van der Waals surface area contributed by atoms with Gasteiger partial charge in [0.15, 0.2) is 11.5 Å². The number of aromatic nitrogens is 4. The Bertz CT molecular complexity index is 1310. The van der Waals surface area contributed by atoms with E-state index in [0.717, 1.165) is 0 Å². The highest BCUT2D eigenvalue weighted by molar-refractivity contribution is 7.89. The molecule has 1 amide bonds. The van der Waals surface area contributed by atoms with Gasteiger partial charge in [-0.1, -0.05) is 0 Å². The summed E-state index contributed by atoms with van der Waals surface area (Å²) in [6.07, 6.45) is 0. The SMILES string of the molecule is O=C(Cn1nnc(-c2ccc(F)cc2)n1)N1CCN(S(=O)(=O)c2ccc3c(c2)OCCO3)CC1. The Morgan fingerprint density at radius 3 is 2.41 bits per heavy atom. The third-order valence-corrected chi connectivity index (χ3v) is 7.47. The van der Waals surface area contributed by atoms with Crippen molar-refractivity contribution in [2.75, 3.05) is 39.4 Å². The molecule has 11 nitrogen and oxygen atoms in total. The van der Waals surface area contributed by atoms with Crippen LogP contribution in [0.4, 0.5) is 4.39 Å². The van der Waals surface area contributed by atoms with Crippen molar-refractivity contribution in [1.82, 2.24) is 29.4 Å². The quantitative estimate of drug-likeness (QED) is 0.517. The van der Waals surface area contributed by atoms with Gasteiger partial charge in [-0.15, -0.1) is 10.2 Å². The lowest BCUT2D eigenvalue weighted by molar-refractivity contribution is -0.133. The summed E-state index contributed by atoms with van der Waals surface area (Å²) in [6, 6.07) is 10.2. The smallest absolute Gasteiger partial charge is 0.246 e. The van der Waals surface area contributed by atoms with E-state index in [-0.39, 0.29) is 55.2 Å². The summed E-state index contributed by atoms with van der Waals surface area (Å²) < 4.78 is 51.5. The molecular weight excluding hydrogens is 467 g/mol. The number of carbonyl (C=O) groups excluding carboxylic acids is 1. The van der Waals surface area contributed by atoms with E-state index in [2.05, 4.69) is 15.4 Å². The van der Waals surface area contributed by atoms with Gasteiger partial charge in [-0.25, -0.2) is 12.8 Å². The van der Waals surface area contributed by atoms with Crippen molar-refractivity contribution in [1.29, 1.82) is 0 Å². The van der Waals surface area contributed by atoms with Crippen LogP contribution in [0.15, 0.2) is 47.4 Å². The highest BCUT2D eigenvalue weighted by Gasteiger charge is 2.31. The van der Waals surface area contributed by atoms with Crippen molar-refractivity contribution < 1.29 is 27.1 Å². The molecule has 5 rings (SSSR count). The Morgan fingerprint density at radius 1 is 0.971 bits per heavy atom. The van der Waals surface area contributed by atoms with Crippen LogP contribution in [0.25, 0.3) is 11.4 Å². The molecule has 2 aliphatic heterocycles. The predicted molar refractivity (Wildman–Crippen MR) is 116 cm³/mol. The number of carbonyl (C=O) groups is 1. The highest BCUT2D eigenvalue weighted by Crippen LogP contribution is 2.33. The third-order valence-electron chi connectivity index (χ3n) is 5.57. The first-order valence-corrected chi connectivity index (χ1v) is 12.1. The number of rotatable bonds is 5. The van der Waals surface area contributed by atoms with Gasteiger partial charge < -0.3 is 14.4 Å². The number of fused-ring (bicyclic) bond motifs is 1. The largest absolute Gasteiger partial charge is 0.486 e. The van der Waals surface area contributed by atoms with E-state index in [1.807, 2.05) is 0 Å². The Balaban J connectivity index is 1.20. The zero-order valence-electron chi connectivity index (χ0n) is 18.0. The Hall–Kier alpha value is -3.58. The molecule has 1 fully saturated rings.